The molecule has 2 rings (SSSR count). The molecule has 7 heteroatoms. The first-order valence-corrected chi connectivity index (χ1v) is 6.97. The summed E-state index contributed by atoms with van der Waals surface area (Å²) in [4.78, 5) is 27.8. The molecular formula is C14H14BrN3O3. The van der Waals surface area contributed by atoms with Gasteiger partial charge in [0.2, 0.25) is 5.91 Å². The summed E-state index contributed by atoms with van der Waals surface area (Å²) in [7, 11) is 1.29. The van der Waals surface area contributed by atoms with Crippen LogP contribution >= 0.6 is 15.9 Å². The van der Waals surface area contributed by atoms with E-state index in [1.807, 2.05) is 18.2 Å². The van der Waals surface area contributed by atoms with Crippen LogP contribution in [0.1, 0.15) is 16.3 Å². The predicted molar refractivity (Wildman–Crippen MR) is 81.1 cm³/mol. The van der Waals surface area contributed by atoms with Crippen LogP contribution in [0.4, 0.5) is 5.69 Å². The molecule has 2 aromatic rings. The molecule has 21 heavy (non-hydrogen) atoms. The van der Waals surface area contributed by atoms with E-state index in [0.29, 0.717) is 11.5 Å². The third kappa shape index (κ3) is 3.49. The monoisotopic (exact) mass is 351 g/mol. The first kappa shape index (κ1) is 15.2. The lowest BCUT2D eigenvalue weighted by molar-refractivity contribution is -0.116. The van der Waals surface area contributed by atoms with Crippen LogP contribution in [0.25, 0.3) is 0 Å². The summed E-state index contributed by atoms with van der Waals surface area (Å²) in [5.74, 6) is -0.213. The smallest absolute Gasteiger partial charge is 0.356 e. The Morgan fingerprint density at radius 1 is 1.38 bits per heavy atom. The number of para-hydroxylation sites is 1. The number of hydrogen-bond donors (Lipinski definition) is 1. The zero-order chi connectivity index (χ0) is 15.4. The second-order valence-corrected chi connectivity index (χ2v) is 5.15. The van der Waals surface area contributed by atoms with E-state index in [2.05, 4.69) is 31.0 Å². The number of aryl methyl sites for hydroxylation is 1. The van der Waals surface area contributed by atoms with Crippen LogP contribution in [-0.4, -0.2) is 28.5 Å². The molecule has 0 unspecified atom stereocenters. The molecule has 1 aromatic carbocycles. The predicted octanol–water partition coefficient (Wildman–Crippen LogP) is 2.38. The van der Waals surface area contributed by atoms with Crippen molar-refractivity contribution >= 4 is 33.5 Å². The number of benzene rings is 1. The Morgan fingerprint density at radius 3 is 2.76 bits per heavy atom. The van der Waals surface area contributed by atoms with E-state index in [9.17, 15) is 9.59 Å². The second kappa shape index (κ2) is 6.53. The van der Waals surface area contributed by atoms with Gasteiger partial charge in [0.15, 0.2) is 0 Å². The number of halogens is 1. The van der Waals surface area contributed by atoms with Gasteiger partial charge in [0.1, 0.15) is 18.1 Å². The maximum absolute atomic E-state index is 12.1. The summed E-state index contributed by atoms with van der Waals surface area (Å²) in [5, 5.41) is 2.77. The van der Waals surface area contributed by atoms with E-state index in [1.54, 1.807) is 13.0 Å². The first-order chi connectivity index (χ1) is 10.0. The van der Waals surface area contributed by atoms with Crippen molar-refractivity contribution in [1.29, 1.82) is 0 Å². The first-order valence-electron chi connectivity index (χ1n) is 6.17. The summed E-state index contributed by atoms with van der Waals surface area (Å²) in [6.45, 7) is 1.70. The molecule has 0 aliphatic carbocycles. The molecule has 1 aromatic heterocycles. The Kier molecular flexibility index (Phi) is 4.74. The molecule has 0 aliphatic rings. The Balaban J connectivity index is 2.15. The minimum atomic E-state index is -0.524. The lowest BCUT2D eigenvalue weighted by Crippen LogP contribution is -2.22. The summed E-state index contributed by atoms with van der Waals surface area (Å²) in [6, 6.07) is 7.29. The highest BCUT2D eigenvalue weighted by molar-refractivity contribution is 9.10. The van der Waals surface area contributed by atoms with Gasteiger partial charge in [0.25, 0.3) is 0 Å². The van der Waals surface area contributed by atoms with Gasteiger partial charge in [-0.25, -0.2) is 9.78 Å². The number of ether oxygens (including phenoxy) is 1. The van der Waals surface area contributed by atoms with Crippen molar-refractivity contribution in [2.45, 2.75) is 13.5 Å². The molecule has 0 saturated carbocycles. The van der Waals surface area contributed by atoms with Gasteiger partial charge in [-0.05, 0) is 35.0 Å². The number of carbonyl (C=O) groups is 2. The van der Waals surface area contributed by atoms with E-state index >= 15 is 0 Å². The number of methoxy groups -OCH3 is 1. The molecule has 0 spiro atoms. The van der Waals surface area contributed by atoms with Crippen molar-refractivity contribution in [2.24, 2.45) is 0 Å². The van der Waals surface area contributed by atoms with Crippen molar-refractivity contribution in [3.63, 3.8) is 0 Å². The van der Waals surface area contributed by atoms with Crippen molar-refractivity contribution in [3.8, 4) is 0 Å². The number of carbonyl (C=O) groups excluding carboxylic acids is 2. The highest BCUT2D eigenvalue weighted by Crippen LogP contribution is 2.21. The summed E-state index contributed by atoms with van der Waals surface area (Å²) < 4.78 is 6.97. The highest BCUT2D eigenvalue weighted by Gasteiger charge is 2.17. The largest absolute Gasteiger partial charge is 0.464 e. The highest BCUT2D eigenvalue weighted by atomic mass is 79.9. The minimum absolute atomic E-state index is 0.0163. The van der Waals surface area contributed by atoms with Crippen LogP contribution in [0.5, 0.6) is 0 Å². The molecule has 0 bridgehead atoms. The molecule has 0 saturated heterocycles. The van der Waals surface area contributed by atoms with E-state index < -0.39 is 5.97 Å². The van der Waals surface area contributed by atoms with Gasteiger partial charge in [-0.15, -0.1) is 0 Å². The maximum Gasteiger partial charge on any atom is 0.356 e. The van der Waals surface area contributed by atoms with Gasteiger partial charge in [-0.1, -0.05) is 12.1 Å². The minimum Gasteiger partial charge on any atom is -0.464 e. The fourth-order valence-electron chi connectivity index (χ4n) is 1.83. The van der Waals surface area contributed by atoms with Gasteiger partial charge >= 0.3 is 5.97 Å². The number of amides is 1. The fraction of sp³-hybridized carbons (Fsp3) is 0.214. The summed E-state index contributed by atoms with van der Waals surface area (Å²) in [6.07, 6.45) is 1.40. The molecule has 1 heterocycles. The second-order valence-electron chi connectivity index (χ2n) is 4.30. The normalized spacial score (nSPS) is 10.2. The van der Waals surface area contributed by atoms with E-state index in [1.165, 1.54) is 17.9 Å². The molecule has 110 valence electrons. The van der Waals surface area contributed by atoms with Gasteiger partial charge < -0.3 is 14.6 Å². The zero-order valence-corrected chi connectivity index (χ0v) is 13.2. The van der Waals surface area contributed by atoms with Gasteiger partial charge in [0.05, 0.1) is 19.0 Å². The van der Waals surface area contributed by atoms with E-state index in [0.717, 1.165) is 4.47 Å². The molecule has 0 radical (unpaired) electrons. The standard InChI is InChI=1S/C14H14BrN3O3/c1-9-16-7-12(14(20)21-2)18(9)8-13(19)17-11-6-4-3-5-10(11)15/h3-7H,8H2,1-2H3,(H,17,19). The summed E-state index contributed by atoms with van der Waals surface area (Å²) in [5.41, 5.74) is 0.914. The number of hydrogen-bond acceptors (Lipinski definition) is 4. The number of esters is 1. The molecule has 6 nitrogen and oxygen atoms in total. The van der Waals surface area contributed by atoms with Crippen LogP contribution < -0.4 is 5.32 Å². The topological polar surface area (TPSA) is 73.2 Å². The fourth-order valence-corrected chi connectivity index (χ4v) is 2.22. The number of aromatic nitrogens is 2. The number of nitrogens with zero attached hydrogens (tertiary/aromatic N) is 2. The molecule has 1 N–H and O–H groups in total. The zero-order valence-electron chi connectivity index (χ0n) is 11.6. The molecule has 0 aliphatic heterocycles. The van der Waals surface area contributed by atoms with Gasteiger partial charge in [0, 0.05) is 4.47 Å². The van der Waals surface area contributed by atoms with E-state index in [-0.39, 0.29) is 18.1 Å². The Hall–Kier alpha value is -2.15. The van der Waals surface area contributed by atoms with Crippen LogP contribution in [0.3, 0.4) is 0 Å². The quantitative estimate of drug-likeness (QED) is 0.858. The lowest BCUT2D eigenvalue weighted by atomic mass is 10.3. The van der Waals surface area contributed by atoms with Crippen LogP contribution in [0.2, 0.25) is 0 Å². The lowest BCUT2D eigenvalue weighted by Gasteiger charge is -2.10. The van der Waals surface area contributed by atoms with Gasteiger partial charge in [-0.2, -0.15) is 0 Å². The molecule has 0 atom stereocenters. The number of imidazole rings is 1. The molecule has 1 amide bonds. The SMILES string of the molecule is COC(=O)c1cnc(C)n1CC(=O)Nc1ccccc1Br. The summed E-state index contributed by atoms with van der Waals surface area (Å²) >= 11 is 3.36. The van der Waals surface area contributed by atoms with Crippen molar-refractivity contribution < 1.29 is 14.3 Å². The number of rotatable bonds is 4. The van der Waals surface area contributed by atoms with E-state index in [4.69, 9.17) is 0 Å². The maximum atomic E-state index is 12.1. The van der Waals surface area contributed by atoms with Gasteiger partial charge in [-0.3, -0.25) is 4.79 Å². The Labute approximate surface area is 130 Å². The Morgan fingerprint density at radius 2 is 2.10 bits per heavy atom. The number of anilines is 1. The van der Waals surface area contributed by atoms with Crippen LogP contribution in [0.15, 0.2) is 34.9 Å². The van der Waals surface area contributed by atoms with Crippen LogP contribution in [-0.2, 0) is 16.1 Å². The molecule has 0 fully saturated rings. The van der Waals surface area contributed by atoms with Crippen molar-refractivity contribution in [2.75, 3.05) is 12.4 Å². The average Bonchev–Trinajstić information content (AvgIpc) is 2.82. The van der Waals surface area contributed by atoms with Crippen LogP contribution in [0, 0.1) is 6.92 Å². The molecular weight excluding hydrogens is 338 g/mol. The third-order valence-electron chi connectivity index (χ3n) is 2.90. The number of nitrogens with one attached hydrogen (secondary N) is 1. The Bertz CT molecular complexity index is 682. The van der Waals surface area contributed by atoms with Crippen molar-refractivity contribution in [3.05, 3.63) is 46.5 Å². The third-order valence-corrected chi connectivity index (χ3v) is 3.59. The average molecular weight is 352 g/mol. The van der Waals surface area contributed by atoms with Crippen molar-refractivity contribution in [1.82, 2.24) is 9.55 Å².